The summed E-state index contributed by atoms with van der Waals surface area (Å²) in [6.45, 7) is 5.05. The number of nitrogens with zero attached hydrogens (tertiary/aromatic N) is 2. The van der Waals surface area contributed by atoms with Crippen molar-refractivity contribution in [1.82, 2.24) is 15.3 Å². The highest BCUT2D eigenvalue weighted by Crippen LogP contribution is 2.28. The van der Waals surface area contributed by atoms with Crippen LogP contribution in [0.15, 0.2) is 53.4 Å². The van der Waals surface area contributed by atoms with E-state index in [4.69, 9.17) is 9.15 Å². The van der Waals surface area contributed by atoms with Crippen molar-refractivity contribution < 1.29 is 18.3 Å². The minimum absolute atomic E-state index is 0.0609. The Hall–Kier alpha value is -3.06. The molecule has 0 bridgehead atoms. The van der Waals surface area contributed by atoms with Gasteiger partial charge in [-0.25, -0.2) is 14.4 Å². The summed E-state index contributed by atoms with van der Waals surface area (Å²) in [5, 5.41) is 3.48. The Balaban J connectivity index is 1.43. The van der Waals surface area contributed by atoms with Gasteiger partial charge < -0.3 is 14.5 Å². The number of carbonyl (C=O) groups is 1. The number of nitrogens with one attached hydrogen (secondary N) is 1. The van der Waals surface area contributed by atoms with Crippen LogP contribution >= 0.6 is 0 Å². The molecule has 1 aromatic carbocycles. The Bertz CT molecular complexity index is 1040. The molecule has 4 rings (SSSR count). The highest BCUT2D eigenvalue weighted by Gasteiger charge is 2.36. The van der Waals surface area contributed by atoms with Crippen molar-refractivity contribution in [2.45, 2.75) is 38.6 Å². The predicted molar refractivity (Wildman–Crippen MR) is 114 cm³/mol. The van der Waals surface area contributed by atoms with Crippen LogP contribution < -0.4 is 10.1 Å². The van der Waals surface area contributed by atoms with Gasteiger partial charge in [0.05, 0.1) is 24.5 Å². The fourth-order valence-electron chi connectivity index (χ4n) is 4.01. The van der Waals surface area contributed by atoms with E-state index < -0.39 is 5.54 Å². The molecule has 1 aliphatic heterocycles. The molecule has 7 heteroatoms. The summed E-state index contributed by atoms with van der Waals surface area (Å²) in [5.41, 5.74) is 1.76. The fraction of sp³-hybridized carbons (Fsp3) is 0.375. The summed E-state index contributed by atoms with van der Waals surface area (Å²) < 4.78 is 24.1. The van der Waals surface area contributed by atoms with Gasteiger partial charge in [0.1, 0.15) is 12.1 Å². The quantitative estimate of drug-likeness (QED) is 0.584. The van der Waals surface area contributed by atoms with Crippen molar-refractivity contribution in [3.63, 3.8) is 0 Å². The zero-order valence-corrected chi connectivity index (χ0v) is 17.7. The molecule has 1 N–H and O–H groups in total. The number of Topliss-reactive ketones (excluding diaryl/α,β-unsaturated/α-hetero) is 1. The van der Waals surface area contributed by atoms with E-state index in [1.807, 2.05) is 32.0 Å². The van der Waals surface area contributed by atoms with Crippen LogP contribution in [-0.2, 0) is 0 Å². The number of benzene rings is 1. The van der Waals surface area contributed by atoms with Crippen molar-refractivity contribution in [2.24, 2.45) is 5.92 Å². The van der Waals surface area contributed by atoms with Crippen LogP contribution in [0.2, 0.25) is 0 Å². The normalized spacial score (nSPS) is 21.5. The van der Waals surface area contributed by atoms with Crippen molar-refractivity contribution >= 4 is 5.78 Å². The molecular formula is C24H26FN3O3. The SMILES string of the molecule is Cc1cc(C(=O)C2(C)CCCC(COc3ccc(F)cn3)CN2)cc(-c2ncco2)c1. The summed E-state index contributed by atoms with van der Waals surface area (Å²) in [7, 11) is 0. The first-order valence-corrected chi connectivity index (χ1v) is 10.5. The van der Waals surface area contributed by atoms with Gasteiger partial charge in [-0.2, -0.15) is 0 Å². The highest BCUT2D eigenvalue weighted by atomic mass is 19.1. The van der Waals surface area contributed by atoms with E-state index in [0.717, 1.165) is 36.6 Å². The summed E-state index contributed by atoms with van der Waals surface area (Å²) >= 11 is 0. The second-order valence-corrected chi connectivity index (χ2v) is 8.35. The topological polar surface area (TPSA) is 77.2 Å². The van der Waals surface area contributed by atoms with Gasteiger partial charge >= 0.3 is 0 Å². The molecule has 0 aliphatic carbocycles. The van der Waals surface area contributed by atoms with Crippen LogP contribution in [-0.4, -0.2) is 34.4 Å². The molecule has 0 radical (unpaired) electrons. The molecule has 2 aromatic heterocycles. The number of hydrogen-bond acceptors (Lipinski definition) is 6. The van der Waals surface area contributed by atoms with Crippen molar-refractivity contribution in [3.8, 4) is 17.3 Å². The molecule has 0 amide bonds. The fourth-order valence-corrected chi connectivity index (χ4v) is 4.01. The number of pyridine rings is 1. The minimum Gasteiger partial charge on any atom is -0.477 e. The zero-order valence-electron chi connectivity index (χ0n) is 17.7. The molecule has 2 unspecified atom stereocenters. The number of carbonyl (C=O) groups excluding carboxylic acids is 1. The number of hydrogen-bond donors (Lipinski definition) is 1. The van der Waals surface area contributed by atoms with Gasteiger partial charge in [-0.1, -0.05) is 6.42 Å². The lowest BCUT2D eigenvalue weighted by Crippen LogP contribution is -2.50. The van der Waals surface area contributed by atoms with E-state index in [9.17, 15) is 9.18 Å². The second kappa shape index (κ2) is 8.98. The van der Waals surface area contributed by atoms with Gasteiger partial charge in [0.15, 0.2) is 5.78 Å². The first kappa shape index (κ1) is 21.2. The van der Waals surface area contributed by atoms with E-state index in [2.05, 4.69) is 15.3 Å². The molecule has 31 heavy (non-hydrogen) atoms. The Kier molecular flexibility index (Phi) is 6.13. The highest BCUT2D eigenvalue weighted by molar-refractivity contribution is 6.03. The van der Waals surface area contributed by atoms with Crippen LogP contribution in [0.3, 0.4) is 0 Å². The minimum atomic E-state index is -0.662. The molecule has 162 valence electrons. The maximum atomic E-state index is 13.5. The van der Waals surface area contributed by atoms with Crippen LogP contribution in [0.4, 0.5) is 4.39 Å². The van der Waals surface area contributed by atoms with Crippen LogP contribution in [0.25, 0.3) is 11.5 Å². The van der Waals surface area contributed by atoms with E-state index in [1.54, 1.807) is 6.20 Å². The molecule has 2 atom stereocenters. The maximum absolute atomic E-state index is 13.5. The van der Waals surface area contributed by atoms with Gasteiger partial charge in [0.2, 0.25) is 11.8 Å². The Labute approximate surface area is 180 Å². The monoisotopic (exact) mass is 423 g/mol. The van der Waals surface area contributed by atoms with Crippen molar-refractivity contribution in [2.75, 3.05) is 13.2 Å². The number of ether oxygens (including phenoxy) is 1. The number of ketones is 1. The Morgan fingerprint density at radius 1 is 1.32 bits per heavy atom. The average Bonchev–Trinajstić information content (AvgIpc) is 3.23. The van der Waals surface area contributed by atoms with E-state index in [-0.39, 0.29) is 17.5 Å². The third-order valence-corrected chi connectivity index (χ3v) is 5.76. The average molecular weight is 423 g/mol. The van der Waals surface area contributed by atoms with Crippen LogP contribution in [0, 0.1) is 18.7 Å². The standard InChI is InChI=1S/C24H26FN3O3/c1-16-10-18(12-19(11-16)23-26-8-9-30-23)22(29)24(2)7-3-4-17(13-28-24)15-31-21-6-5-20(25)14-27-21/h5-6,8-12,14,17,28H,3-4,7,13,15H2,1-2H3. The van der Waals surface area contributed by atoms with Crippen molar-refractivity contribution in [1.29, 1.82) is 0 Å². The van der Waals surface area contributed by atoms with E-state index >= 15 is 0 Å². The molecule has 3 heterocycles. The van der Waals surface area contributed by atoms with Gasteiger partial charge in [-0.3, -0.25) is 4.79 Å². The number of rotatable bonds is 6. The lowest BCUT2D eigenvalue weighted by atomic mass is 9.86. The Morgan fingerprint density at radius 3 is 2.94 bits per heavy atom. The predicted octanol–water partition coefficient (Wildman–Crippen LogP) is 4.59. The number of halogens is 1. The molecule has 1 aliphatic rings. The molecule has 3 aromatic rings. The number of oxazole rings is 1. The lowest BCUT2D eigenvalue weighted by Gasteiger charge is -2.28. The van der Waals surface area contributed by atoms with Gasteiger partial charge in [0, 0.05) is 29.7 Å². The molecule has 6 nitrogen and oxygen atoms in total. The molecular weight excluding hydrogens is 397 g/mol. The van der Waals surface area contributed by atoms with Crippen molar-refractivity contribution in [3.05, 3.63) is 65.9 Å². The van der Waals surface area contributed by atoms with Crippen LogP contribution in [0.5, 0.6) is 5.88 Å². The first-order chi connectivity index (χ1) is 14.9. The summed E-state index contributed by atoms with van der Waals surface area (Å²) in [4.78, 5) is 21.6. The van der Waals surface area contributed by atoms with Gasteiger partial charge in [0.25, 0.3) is 0 Å². The maximum Gasteiger partial charge on any atom is 0.225 e. The first-order valence-electron chi connectivity index (χ1n) is 10.5. The number of aromatic nitrogens is 2. The third kappa shape index (κ3) is 4.99. The second-order valence-electron chi connectivity index (χ2n) is 8.35. The third-order valence-electron chi connectivity index (χ3n) is 5.76. The van der Waals surface area contributed by atoms with Gasteiger partial charge in [-0.05, 0) is 56.5 Å². The summed E-state index contributed by atoms with van der Waals surface area (Å²) in [6.07, 6.45) is 6.84. The molecule has 1 saturated heterocycles. The molecule has 0 spiro atoms. The largest absolute Gasteiger partial charge is 0.477 e. The van der Waals surface area contributed by atoms with E-state index in [1.165, 1.54) is 18.4 Å². The number of aryl methyl sites for hydroxylation is 1. The Morgan fingerprint density at radius 2 is 2.19 bits per heavy atom. The van der Waals surface area contributed by atoms with E-state index in [0.29, 0.717) is 30.5 Å². The van der Waals surface area contributed by atoms with Gasteiger partial charge in [-0.15, -0.1) is 0 Å². The zero-order chi connectivity index (χ0) is 21.8. The lowest BCUT2D eigenvalue weighted by molar-refractivity contribution is 0.0859. The molecule has 0 saturated carbocycles. The summed E-state index contributed by atoms with van der Waals surface area (Å²) in [5.74, 6) is 0.819. The smallest absolute Gasteiger partial charge is 0.225 e. The molecule has 1 fully saturated rings. The van der Waals surface area contributed by atoms with Crippen LogP contribution in [0.1, 0.15) is 42.1 Å². The summed E-state index contributed by atoms with van der Waals surface area (Å²) in [6, 6.07) is 8.57.